The lowest BCUT2D eigenvalue weighted by atomic mass is 10.2. The summed E-state index contributed by atoms with van der Waals surface area (Å²) in [5.41, 5.74) is 7.34. The Balaban J connectivity index is 2.21. The maximum Gasteiger partial charge on any atom is 0.260 e. The summed E-state index contributed by atoms with van der Waals surface area (Å²) < 4.78 is 6.07. The van der Waals surface area contributed by atoms with Crippen molar-refractivity contribution >= 4 is 33.4 Å². The van der Waals surface area contributed by atoms with E-state index < -0.39 is 0 Å². The average molecular weight is 328 g/mol. The zero-order chi connectivity index (χ0) is 13.1. The molecule has 0 amide bonds. The fraction of sp³-hybridized carbons (Fsp3) is 0.333. The Hall–Kier alpha value is -1.01. The smallest absolute Gasteiger partial charge is 0.260 e. The Labute approximate surface area is 118 Å². The van der Waals surface area contributed by atoms with Crippen molar-refractivity contribution in [2.45, 2.75) is 24.9 Å². The Morgan fingerprint density at radius 3 is 2.94 bits per heavy atom. The van der Waals surface area contributed by atoms with Gasteiger partial charge >= 0.3 is 0 Å². The fourth-order valence-corrected chi connectivity index (χ4v) is 2.35. The van der Waals surface area contributed by atoms with Crippen molar-refractivity contribution in [3.8, 4) is 11.5 Å². The minimum atomic E-state index is 0.466. The lowest BCUT2D eigenvalue weighted by Gasteiger charge is -2.02. The van der Waals surface area contributed by atoms with Gasteiger partial charge in [0, 0.05) is 4.47 Å². The zero-order valence-electron chi connectivity index (χ0n) is 10.2. The minimum Gasteiger partial charge on any atom is -0.397 e. The van der Waals surface area contributed by atoms with Gasteiger partial charge in [0.2, 0.25) is 0 Å². The van der Waals surface area contributed by atoms with Crippen LogP contribution in [0.15, 0.2) is 27.2 Å². The van der Waals surface area contributed by atoms with Gasteiger partial charge in [0.1, 0.15) is 0 Å². The van der Waals surface area contributed by atoms with Crippen molar-refractivity contribution in [2.75, 3.05) is 5.73 Å². The Kier molecular flexibility index (Phi) is 4.29. The van der Waals surface area contributed by atoms with E-state index in [1.54, 1.807) is 11.8 Å². The molecule has 0 saturated carbocycles. The van der Waals surface area contributed by atoms with Crippen molar-refractivity contribution in [3.63, 3.8) is 0 Å². The van der Waals surface area contributed by atoms with Crippen LogP contribution in [0.1, 0.15) is 19.7 Å². The molecule has 2 aromatic rings. The van der Waals surface area contributed by atoms with Gasteiger partial charge in [0.25, 0.3) is 5.89 Å². The van der Waals surface area contributed by atoms with Gasteiger partial charge in [0.15, 0.2) is 5.82 Å². The second-order valence-electron chi connectivity index (χ2n) is 4.08. The topological polar surface area (TPSA) is 64.9 Å². The highest BCUT2D eigenvalue weighted by Crippen LogP contribution is 2.30. The second-order valence-corrected chi connectivity index (χ2v) is 6.50. The number of anilines is 1. The molecule has 0 aliphatic rings. The highest BCUT2D eigenvalue weighted by Gasteiger charge is 2.13. The van der Waals surface area contributed by atoms with Gasteiger partial charge in [-0.05, 0) is 33.3 Å². The number of nitrogen functional groups attached to an aromatic ring is 1. The Bertz CT molecular complexity index is 542. The van der Waals surface area contributed by atoms with Crippen molar-refractivity contribution in [1.29, 1.82) is 0 Å². The Morgan fingerprint density at radius 1 is 1.44 bits per heavy atom. The monoisotopic (exact) mass is 327 g/mol. The van der Waals surface area contributed by atoms with E-state index in [-0.39, 0.29) is 0 Å². The minimum absolute atomic E-state index is 0.466. The highest BCUT2D eigenvalue weighted by molar-refractivity contribution is 9.10. The third kappa shape index (κ3) is 3.05. The quantitative estimate of drug-likeness (QED) is 0.867. The summed E-state index contributed by atoms with van der Waals surface area (Å²) in [6.45, 7) is 4.27. The van der Waals surface area contributed by atoms with Crippen LogP contribution < -0.4 is 5.73 Å². The number of benzene rings is 1. The zero-order valence-corrected chi connectivity index (χ0v) is 12.6. The van der Waals surface area contributed by atoms with E-state index in [4.69, 9.17) is 10.3 Å². The third-order valence-electron chi connectivity index (χ3n) is 2.30. The van der Waals surface area contributed by atoms with Crippen LogP contribution in [0.25, 0.3) is 11.5 Å². The molecule has 0 aliphatic heterocycles. The maximum absolute atomic E-state index is 5.97. The first-order chi connectivity index (χ1) is 8.58. The van der Waals surface area contributed by atoms with Gasteiger partial charge < -0.3 is 10.3 Å². The summed E-state index contributed by atoms with van der Waals surface area (Å²) in [6, 6.07) is 5.64. The highest BCUT2D eigenvalue weighted by atomic mass is 79.9. The van der Waals surface area contributed by atoms with E-state index in [0.29, 0.717) is 22.7 Å². The van der Waals surface area contributed by atoms with Crippen LogP contribution in [-0.2, 0) is 5.75 Å². The summed E-state index contributed by atoms with van der Waals surface area (Å²) in [6.07, 6.45) is 0. The molecular weight excluding hydrogens is 314 g/mol. The van der Waals surface area contributed by atoms with Gasteiger partial charge in [-0.25, -0.2) is 0 Å². The van der Waals surface area contributed by atoms with Crippen molar-refractivity contribution in [1.82, 2.24) is 10.1 Å². The molecule has 1 aromatic carbocycles. The van der Waals surface area contributed by atoms with E-state index in [9.17, 15) is 0 Å². The first-order valence-electron chi connectivity index (χ1n) is 5.56. The number of thioether (sulfide) groups is 1. The van der Waals surface area contributed by atoms with E-state index in [2.05, 4.69) is 39.9 Å². The van der Waals surface area contributed by atoms with E-state index in [1.807, 2.05) is 18.2 Å². The molecule has 2 N–H and O–H groups in total. The number of nitrogens with two attached hydrogens (primary N) is 1. The molecule has 4 nitrogen and oxygen atoms in total. The molecule has 0 bridgehead atoms. The van der Waals surface area contributed by atoms with Crippen LogP contribution in [-0.4, -0.2) is 15.4 Å². The molecule has 6 heteroatoms. The number of nitrogens with zero attached hydrogens (tertiary/aromatic N) is 2. The van der Waals surface area contributed by atoms with Crippen LogP contribution in [0.5, 0.6) is 0 Å². The Morgan fingerprint density at radius 2 is 2.22 bits per heavy atom. The maximum atomic E-state index is 5.97. The molecule has 96 valence electrons. The number of hydrogen-bond acceptors (Lipinski definition) is 5. The number of hydrogen-bond donors (Lipinski definition) is 1. The first kappa shape index (κ1) is 13.4. The largest absolute Gasteiger partial charge is 0.397 e. The fourth-order valence-electron chi connectivity index (χ4n) is 1.39. The number of halogens is 1. The van der Waals surface area contributed by atoms with Gasteiger partial charge in [-0.3, -0.25) is 0 Å². The summed E-state index contributed by atoms with van der Waals surface area (Å²) >= 11 is 5.16. The van der Waals surface area contributed by atoms with E-state index in [1.165, 1.54) is 0 Å². The number of para-hydroxylation sites is 1. The van der Waals surface area contributed by atoms with E-state index in [0.717, 1.165) is 15.8 Å². The number of rotatable bonds is 4. The van der Waals surface area contributed by atoms with Crippen LogP contribution in [0.4, 0.5) is 5.69 Å². The molecule has 2 rings (SSSR count). The lowest BCUT2D eigenvalue weighted by Crippen LogP contribution is -1.92. The molecule has 0 radical (unpaired) electrons. The summed E-state index contributed by atoms with van der Waals surface area (Å²) in [4.78, 5) is 4.35. The van der Waals surface area contributed by atoms with Gasteiger partial charge in [-0.2, -0.15) is 16.7 Å². The van der Waals surface area contributed by atoms with Crippen molar-refractivity contribution < 1.29 is 4.52 Å². The average Bonchev–Trinajstić information content (AvgIpc) is 2.78. The van der Waals surface area contributed by atoms with E-state index >= 15 is 0 Å². The van der Waals surface area contributed by atoms with Crippen LogP contribution in [0.3, 0.4) is 0 Å². The van der Waals surface area contributed by atoms with Gasteiger partial charge in [-0.15, -0.1) is 0 Å². The molecule has 0 unspecified atom stereocenters. The summed E-state index contributed by atoms with van der Waals surface area (Å²) in [7, 11) is 0. The predicted octanol–water partition coefficient (Wildman–Crippen LogP) is 3.72. The molecule has 0 saturated heterocycles. The van der Waals surface area contributed by atoms with Crippen LogP contribution >= 0.6 is 27.7 Å². The molecule has 0 atom stereocenters. The molecule has 1 aromatic heterocycles. The summed E-state index contributed by atoms with van der Waals surface area (Å²) in [5.74, 6) is 1.91. The van der Waals surface area contributed by atoms with Crippen molar-refractivity contribution in [3.05, 3.63) is 28.5 Å². The molecule has 1 heterocycles. The van der Waals surface area contributed by atoms with Crippen LogP contribution in [0, 0.1) is 0 Å². The first-order valence-corrected chi connectivity index (χ1v) is 7.40. The number of aromatic nitrogens is 2. The SMILES string of the molecule is CC(C)SCc1noc(-c2cccc(Br)c2N)n1. The molecule has 0 aliphatic carbocycles. The van der Waals surface area contributed by atoms with Crippen molar-refractivity contribution in [2.24, 2.45) is 0 Å². The molecule has 18 heavy (non-hydrogen) atoms. The normalized spacial score (nSPS) is 11.1. The molecular formula is C12H14BrN3OS. The predicted molar refractivity (Wildman–Crippen MR) is 78.3 cm³/mol. The standard InChI is InChI=1S/C12H14BrN3OS/c1-7(2)18-6-10-15-12(17-16-10)8-4-3-5-9(13)11(8)14/h3-5,7H,6,14H2,1-2H3. The summed E-state index contributed by atoms with van der Waals surface area (Å²) in [5, 5.41) is 4.50. The lowest BCUT2D eigenvalue weighted by molar-refractivity contribution is 0.425. The molecule has 0 fully saturated rings. The van der Waals surface area contributed by atoms with Gasteiger partial charge in [-0.1, -0.05) is 25.1 Å². The van der Waals surface area contributed by atoms with Crippen LogP contribution in [0.2, 0.25) is 0 Å². The third-order valence-corrected chi connectivity index (χ3v) is 4.08. The second kappa shape index (κ2) is 5.75. The van der Waals surface area contributed by atoms with Gasteiger partial charge in [0.05, 0.1) is 17.0 Å². The molecule has 0 spiro atoms.